The number of benzene rings is 2. The number of anilines is 1. The number of aromatic nitrogens is 5. The normalized spacial score (nSPS) is 12.2. The number of terminal acetylenes is 1. The number of fused-ring (bicyclic) bond motifs is 1. The lowest BCUT2D eigenvalue weighted by Gasteiger charge is -2.09. The standard InChI is InChI=1S/C15H13Cl2N3O2.C10H8ClN3O/c1-2-7-22-13-9-12(10(16)8-11(13)17)20-15(21)19-6-4-3-5-14(19)18-20;11-9-8(12)6-13-14(10(9)15)7-4-2-1-3-5-7/h1,8-9H,3-7H2;1-6H,12H2. The third-order valence-electron chi connectivity index (χ3n) is 5.46. The molecule has 0 radical (unpaired) electrons. The van der Waals surface area contributed by atoms with Crippen molar-refractivity contribution in [3.05, 3.63) is 90.4 Å². The van der Waals surface area contributed by atoms with E-state index in [2.05, 4.69) is 16.1 Å². The van der Waals surface area contributed by atoms with E-state index in [0.717, 1.165) is 25.1 Å². The number of halogens is 3. The third-order valence-corrected chi connectivity index (χ3v) is 6.44. The van der Waals surface area contributed by atoms with Crippen molar-refractivity contribution in [2.45, 2.75) is 25.8 Å². The van der Waals surface area contributed by atoms with Crippen molar-refractivity contribution in [1.29, 1.82) is 0 Å². The van der Waals surface area contributed by atoms with Gasteiger partial charge in [0.1, 0.15) is 23.2 Å². The Morgan fingerprint density at radius 3 is 2.51 bits per heavy atom. The number of nitrogens with two attached hydrogens (primary N) is 1. The topological polar surface area (TPSA) is 110 Å². The molecule has 2 aromatic heterocycles. The summed E-state index contributed by atoms with van der Waals surface area (Å²) < 4.78 is 9.55. The van der Waals surface area contributed by atoms with Crippen molar-refractivity contribution in [2.24, 2.45) is 0 Å². The molecule has 1 aliphatic heterocycles. The van der Waals surface area contributed by atoms with Crippen LogP contribution in [-0.2, 0) is 13.0 Å². The molecule has 0 bridgehead atoms. The van der Waals surface area contributed by atoms with E-state index < -0.39 is 5.56 Å². The molecule has 5 rings (SSSR count). The molecule has 12 heteroatoms. The van der Waals surface area contributed by atoms with Gasteiger partial charge in [-0.1, -0.05) is 58.9 Å². The molecule has 0 unspecified atom stereocenters. The van der Waals surface area contributed by atoms with Crippen LogP contribution >= 0.6 is 34.8 Å². The number of nitrogens with zero attached hydrogens (tertiary/aromatic N) is 5. The van der Waals surface area contributed by atoms with Gasteiger partial charge in [0, 0.05) is 19.0 Å². The highest BCUT2D eigenvalue weighted by molar-refractivity contribution is 6.36. The quantitative estimate of drug-likeness (QED) is 0.376. The SMILES string of the molecule is C#CCOc1cc(-n2nc3n(c2=O)CCCC3)c(Cl)cc1Cl.Nc1cnn(-c2ccccc2)c(=O)c1Cl. The van der Waals surface area contributed by atoms with Gasteiger partial charge in [0.25, 0.3) is 5.56 Å². The van der Waals surface area contributed by atoms with E-state index in [4.69, 9.17) is 51.7 Å². The fourth-order valence-electron chi connectivity index (χ4n) is 3.67. The maximum Gasteiger partial charge on any atom is 0.350 e. The van der Waals surface area contributed by atoms with Crippen molar-refractivity contribution in [3.63, 3.8) is 0 Å². The second kappa shape index (κ2) is 11.6. The number of rotatable bonds is 4. The van der Waals surface area contributed by atoms with Crippen molar-refractivity contribution in [1.82, 2.24) is 24.1 Å². The molecule has 3 heterocycles. The predicted octanol–water partition coefficient (Wildman–Crippen LogP) is 4.16. The summed E-state index contributed by atoms with van der Waals surface area (Å²) >= 11 is 18.0. The van der Waals surface area contributed by atoms with Crippen molar-refractivity contribution in [3.8, 4) is 29.5 Å². The monoisotopic (exact) mass is 558 g/mol. The van der Waals surface area contributed by atoms with E-state index >= 15 is 0 Å². The highest BCUT2D eigenvalue weighted by Crippen LogP contribution is 2.32. The summed E-state index contributed by atoms with van der Waals surface area (Å²) in [6, 6.07) is 12.1. The fourth-order valence-corrected chi connectivity index (χ4v) is 4.31. The molecule has 0 fully saturated rings. The minimum absolute atomic E-state index is 0.00569. The van der Waals surface area contributed by atoms with Gasteiger partial charge in [-0.05, 0) is 31.0 Å². The molecular weight excluding hydrogens is 539 g/mol. The van der Waals surface area contributed by atoms with Crippen LogP contribution in [0.25, 0.3) is 11.4 Å². The Kier molecular flexibility index (Phi) is 8.24. The maximum atomic E-state index is 12.5. The van der Waals surface area contributed by atoms with Crippen LogP contribution in [0.4, 0.5) is 5.69 Å². The van der Waals surface area contributed by atoms with Gasteiger partial charge in [0.05, 0.1) is 33.3 Å². The Morgan fingerprint density at radius 2 is 1.81 bits per heavy atom. The maximum absolute atomic E-state index is 12.5. The molecule has 0 saturated heterocycles. The minimum Gasteiger partial charge on any atom is -0.479 e. The zero-order chi connectivity index (χ0) is 26.5. The lowest BCUT2D eigenvalue weighted by atomic mass is 10.2. The van der Waals surface area contributed by atoms with Crippen LogP contribution in [0.15, 0.2) is 58.3 Å². The first kappa shape index (κ1) is 26.4. The summed E-state index contributed by atoms with van der Waals surface area (Å²) in [7, 11) is 0. The van der Waals surface area contributed by atoms with Crippen LogP contribution in [0, 0.1) is 12.3 Å². The third kappa shape index (κ3) is 5.67. The number of aryl methyl sites for hydroxylation is 1. The van der Waals surface area contributed by atoms with E-state index in [-0.39, 0.29) is 23.0 Å². The highest BCUT2D eigenvalue weighted by atomic mass is 35.5. The van der Waals surface area contributed by atoms with E-state index in [1.807, 2.05) is 18.2 Å². The first-order chi connectivity index (χ1) is 17.8. The lowest BCUT2D eigenvalue weighted by molar-refractivity contribution is 0.370. The number of hydrogen-bond donors (Lipinski definition) is 1. The van der Waals surface area contributed by atoms with Crippen LogP contribution < -0.4 is 21.7 Å². The van der Waals surface area contributed by atoms with Crippen molar-refractivity contribution < 1.29 is 4.74 Å². The number of hydrogen-bond acceptors (Lipinski definition) is 6. The fraction of sp³-hybridized carbons (Fsp3) is 0.200. The van der Waals surface area contributed by atoms with Gasteiger partial charge >= 0.3 is 5.69 Å². The summed E-state index contributed by atoms with van der Waals surface area (Å²) in [5.41, 5.74) is 6.12. The van der Waals surface area contributed by atoms with Gasteiger partial charge in [-0.15, -0.1) is 11.5 Å². The second-order valence-electron chi connectivity index (χ2n) is 7.91. The van der Waals surface area contributed by atoms with Gasteiger partial charge in [0.2, 0.25) is 0 Å². The average molecular weight is 560 g/mol. The summed E-state index contributed by atoms with van der Waals surface area (Å²) in [6.45, 7) is 0.759. The van der Waals surface area contributed by atoms with E-state index in [1.54, 1.807) is 22.8 Å². The molecule has 0 saturated carbocycles. The molecule has 2 aromatic carbocycles. The summed E-state index contributed by atoms with van der Waals surface area (Å²) in [5, 5.41) is 8.94. The van der Waals surface area contributed by atoms with Crippen molar-refractivity contribution in [2.75, 3.05) is 12.3 Å². The molecule has 2 N–H and O–H groups in total. The largest absolute Gasteiger partial charge is 0.479 e. The van der Waals surface area contributed by atoms with Crippen LogP contribution in [-0.4, -0.2) is 30.7 Å². The van der Waals surface area contributed by atoms with Gasteiger partial charge < -0.3 is 10.5 Å². The molecule has 0 atom stereocenters. The number of para-hydroxylation sites is 1. The lowest BCUT2D eigenvalue weighted by Crippen LogP contribution is -2.26. The first-order valence-electron chi connectivity index (χ1n) is 11.1. The smallest absolute Gasteiger partial charge is 0.350 e. The molecule has 0 amide bonds. The van der Waals surface area contributed by atoms with Crippen LogP contribution in [0.3, 0.4) is 0 Å². The molecule has 9 nitrogen and oxygen atoms in total. The number of nitrogen functional groups attached to an aromatic ring is 1. The first-order valence-corrected chi connectivity index (χ1v) is 12.3. The van der Waals surface area contributed by atoms with Gasteiger partial charge in [-0.3, -0.25) is 9.36 Å². The van der Waals surface area contributed by atoms with Crippen LogP contribution in [0.1, 0.15) is 18.7 Å². The van der Waals surface area contributed by atoms with E-state index in [9.17, 15) is 9.59 Å². The average Bonchev–Trinajstić information content (AvgIpc) is 3.24. The highest BCUT2D eigenvalue weighted by Gasteiger charge is 2.20. The Bertz CT molecular complexity index is 1590. The van der Waals surface area contributed by atoms with Gasteiger partial charge in [-0.25, -0.2) is 4.79 Å². The molecular formula is C25H21Cl3N6O3. The molecule has 1 aliphatic rings. The summed E-state index contributed by atoms with van der Waals surface area (Å²) in [6.07, 6.45) is 9.33. The van der Waals surface area contributed by atoms with E-state index in [0.29, 0.717) is 33.7 Å². The van der Waals surface area contributed by atoms with Crippen LogP contribution in [0.2, 0.25) is 15.1 Å². The van der Waals surface area contributed by atoms with Crippen LogP contribution in [0.5, 0.6) is 5.75 Å². The van der Waals surface area contributed by atoms with E-state index in [1.165, 1.54) is 21.6 Å². The minimum atomic E-state index is -0.414. The second-order valence-corrected chi connectivity index (χ2v) is 9.10. The predicted molar refractivity (Wildman–Crippen MR) is 144 cm³/mol. The molecule has 190 valence electrons. The Hall–Kier alpha value is -3.71. The Morgan fingerprint density at radius 1 is 1.05 bits per heavy atom. The molecule has 37 heavy (non-hydrogen) atoms. The van der Waals surface area contributed by atoms with Gasteiger partial charge in [-0.2, -0.15) is 14.5 Å². The number of ether oxygens (including phenoxy) is 1. The molecule has 4 aromatic rings. The van der Waals surface area contributed by atoms with Gasteiger partial charge in [0.15, 0.2) is 0 Å². The zero-order valence-corrected chi connectivity index (χ0v) is 21.7. The summed E-state index contributed by atoms with van der Waals surface area (Å²) in [5.74, 6) is 3.51. The zero-order valence-electron chi connectivity index (χ0n) is 19.4. The molecule has 0 spiro atoms. The summed E-state index contributed by atoms with van der Waals surface area (Å²) in [4.78, 5) is 24.2. The Balaban J connectivity index is 0.000000186. The molecule has 0 aliphatic carbocycles. The van der Waals surface area contributed by atoms with Crippen molar-refractivity contribution >= 4 is 40.5 Å². The Labute approximate surface area is 226 Å².